The van der Waals surface area contributed by atoms with E-state index in [0.717, 1.165) is 30.8 Å². The maximum absolute atomic E-state index is 12.8. The number of hydrogen-bond acceptors (Lipinski definition) is 4. The first-order valence-corrected chi connectivity index (χ1v) is 9.11. The average molecular weight is 352 g/mol. The van der Waals surface area contributed by atoms with Crippen molar-refractivity contribution in [3.05, 3.63) is 70.8 Å². The molecule has 1 aliphatic rings. The summed E-state index contributed by atoms with van der Waals surface area (Å²) in [5.41, 5.74) is 10.6. The lowest BCUT2D eigenvalue weighted by Gasteiger charge is -2.23. The van der Waals surface area contributed by atoms with E-state index in [1.165, 1.54) is 5.56 Å². The molecular formula is C21H28N4O. The van der Waals surface area contributed by atoms with Gasteiger partial charge in [0.2, 0.25) is 0 Å². The number of amides is 1. The second-order valence-electron chi connectivity index (χ2n) is 7.23. The van der Waals surface area contributed by atoms with Crippen LogP contribution in [0.5, 0.6) is 0 Å². The Kier molecular flexibility index (Phi) is 6.04. The molecule has 138 valence electrons. The van der Waals surface area contributed by atoms with Gasteiger partial charge >= 0.3 is 0 Å². The van der Waals surface area contributed by atoms with Crippen molar-refractivity contribution in [1.82, 2.24) is 21.1 Å². The normalized spacial score (nSPS) is 16.0. The van der Waals surface area contributed by atoms with Gasteiger partial charge in [0.15, 0.2) is 0 Å². The summed E-state index contributed by atoms with van der Waals surface area (Å²) < 4.78 is 0. The largest absolute Gasteiger partial charge is 0.344 e. The van der Waals surface area contributed by atoms with Crippen molar-refractivity contribution in [2.75, 3.05) is 33.7 Å². The zero-order chi connectivity index (χ0) is 18.5. The van der Waals surface area contributed by atoms with Crippen LogP contribution in [-0.4, -0.2) is 44.5 Å². The standard InChI is InChI=1S/C21H28N4O/c1-15-11-17(9-10-19(15)18-12-22-23-13-18)21(26)24-20(14-25(2)3)16-7-5-4-6-8-16/h4-11,18,20,22-23H,12-14H2,1-3H3,(H,24,26)/t20-/m1/s1. The number of rotatable bonds is 6. The Hall–Kier alpha value is -2.21. The summed E-state index contributed by atoms with van der Waals surface area (Å²) in [6.07, 6.45) is 0. The number of carbonyl (C=O) groups excluding carboxylic acids is 1. The van der Waals surface area contributed by atoms with Crippen LogP contribution in [0.15, 0.2) is 48.5 Å². The molecule has 1 heterocycles. The number of hydrazine groups is 1. The Bertz CT molecular complexity index is 739. The van der Waals surface area contributed by atoms with Gasteiger partial charge in [-0.05, 0) is 49.8 Å². The summed E-state index contributed by atoms with van der Waals surface area (Å²) in [5, 5.41) is 3.19. The minimum Gasteiger partial charge on any atom is -0.344 e. The first-order valence-electron chi connectivity index (χ1n) is 9.11. The van der Waals surface area contributed by atoms with Crippen LogP contribution in [0.2, 0.25) is 0 Å². The third-order valence-electron chi connectivity index (χ3n) is 4.85. The molecule has 0 saturated carbocycles. The maximum atomic E-state index is 12.8. The molecule has 3 N–H and O–H groups in total. The zero-order valence-electron chi connectivity index (χ0n) is 15.8. The van der Waals surface area contributed by atoms with Crippen LogP contribution in [0.25, 0.3) is 0 Å². The van der Waals surface area contributed by atoms with E-state index in [9.17, 15) is 4.79 Å². The monoisotopic (exact) mass is 352 g/mol. The number of carbonyl (C=O) groups is 1. The number of nitrogens with zero attached hydrogens (tertiary/aromatic N) is 1. The Labute approximate surface area is 155 Å². The molecule has 26 heavy (non-hydrogen) atoms. The van der Waals surface area contributed by atoms with Crippen molar-refractivity contribution in [2.45, 2.75) is 18.9 Å². The molecule has 3 rings (SSSR count). The molecule has 1 aliphatic heterocycles. The van der Waals surface area contributed by atoms with Crippen molar-refractivity contribution in [3.63, 3.8) is 0 Å². The molecule has 5 heteroatoms. The lowest BCUT2D eigenvalue weighted by atomic mass is 9.94. The highest BCUT2D eigenvalue weighted by molar-refractivity contribution is 5.94. The number of aryl methyl sites for hydroxylation is 1. The molecule has 2 aromatic rings. The van der Waals surface area contributed by atoms with Crippen LogP contribution in [-0.2, 0) is 0 Å². The number of hydrogen-bond donors (Lipinski definition) is 3. The smallest absolute Gasteiger partial charge is 0.251 e. The molecule has 1 fully saturated rings. The van der Waals surface area contributed by atoms with Gasteiger partial charge in [-0.2, -0.15) is 0 Å². The summed E-state index contributed by atoms with van der Waals surface area (Å²) in [4.78, 5) is 14.9. The van der Waals surface area contributed by atoms with Gasteiger partial charge in [-0.25, -0.2) is 0 Å². The second-order valence-corrected chi connectivity index (χ2v) is 7.23. The van der Waals surface area contributed by atoms with Gasteiger partial charge in [-0.15, -0.1) is 0 Å². The number of nitrogens with one attached hydrogen (secondary N) is 3. The van der Waals surface area contributed by atoms with E-state index in [-0.39, 0.29) is 11.9 Å². The summed E-state index contributed by atoms with van der Waals surface area (Å²) in [6.45, 7) is 4.68. The Morgan fingerprint density at radius 2 is 1.85 bits per heavy atom. The van der Waals surface area contributed by atoms with Gasteiger partial charge in [0.25, 0.3) is 5.91 Å². The first kappa shape index (κ1) is 18.6. The van der Waals surface area contributed by atoms with E-state index < -0.39 is 0 Å². The highest BCUT2D eigenvalue weighted by atomic mass is 16.1. The highest BCUT2D eigenvalue weighted by Crippen LogP contribution is 2.22. The minimum atomic E-state index is -0.0399. The predicted molar refractivity (Wildman–Crippen MR) is 105 cm³/mol. The van der Waals surface area contributed by atoms with Crippen molar-refractivity contribution in [3.8, 4) is 0 Å². The highest BCUT2D eigenvalue weighted by Gasteiger charge is 2.20. The SMILES string of the molecule is Cc1cc(C(=O)N[C@H](CN(C)C)c2ccccc2)ccc1C1CNNC1. The zero-order valence-corrected chi connectivity index (χ0v) is 15.8. The molecule has 1 atom stereocenters. The lowest BCUT2D eigenvalue weighted by molar-refractivity contribution is 0.0930. The molecule has 5 nitrogen and oxygen atoms in total. The number of benzene rings is 2. The summed E-state index contributed by atoms with van der Waals surface area (Å²) >= 11 is 0. The van der Waals surface area contributed by atoms with Gasteiger partial charge in [0, 0.05) is 31.1 Å². The van der Waals surface area contributed by atoms with Crippen molar-refractivity contribution < 1.29 is 4.79 Å². The predicted octanol–water partition coefficient (Wildman–Crippen LogP) is 2.22. The van der Waals surface area contributed by atoms with Crippen LogP contribution in [0.1, 0.15) is 39.0 Å². The van der Waals surface area contributed by atoms with Crippen molar-refractivity contribution in [2.24, 2.45) is 0 Å². The van der Waals surface area contributed by atoms with Crippen molar-refractivity contribution in [1.29, 1.82) is 0 Å². The van der Waals surface area contributed by atoms with E-state index in [0.29, 0.717) is 11.5 Å². The molecular weight excluding hydrogens is 324 g/mol. The third kappa shape index (κ3) is 4.49. The molecule has 2 aromatic carbocycles. The number of likely N-dealkylation sites (N-methyl/N-ethyl adjacent to an activating group) is 1. The van der Waals surface area contributed by atoms with Crippen LogP contribution in [0, 0.1) is 6.92 Å². The molecule has 0 bridgehead atoms. The Morgan fingerprint density at radius 1 is 1.15 bits per heavy atom. The van der Waals surface area contributed by atoms with E-state index in [2.05, 4.69) is 46.2 Å². The van der Waals surface area contributed by atoms with E-state index in [1.54, 1.807) is 0 Å². The summed E-state index contributed by atoms with van der Waals surface area (Å²) in [5.74, 6) is 0.427. The molecule has 0 unspecified atom stereocenters. The maximum Gasteiger partial charge on any atom is 0.251 e. The quantitative estimate of drug-likeness (QED) is 0.746. The van der Waals surface area contributed by atoms with Gasteiger partial charge in [-0.3, -0.25) is 15.6 Å². The fourth-order valence-electron chi connectivity index (χ4n) is 3.48. The topological polar surface area (TPSA) is 56.4 Å². The molecule has 0 spiro atoms. The van der Waals surface area contributed by atoms with Gasteiger partial charge in [0.05, 0.1) is 6.04 Å². The third-order valence-corrected chi connectivity index (χ3v) is 4.85. The van der Waals surface area contributed by atoms with E-state index in [1.807, 2.05) is 44.4 Å². The fourth-order valence-corrected chi connectivity index (χ4v) is 3.48. The van der Waals surface area contributed by atoms with Crippen LogP contribution in [0.3, 0.4) is 0 Å². The molecule has 0 radical (unpaired) electrons. The molecule has 1 amide bonds. The molecule has 0 aliphatic carbocycles. The minimum absolute atomic E-state index is 0.0296. The average Bonchev–Trinajstić information content (AvgIpc) is 3.15. The van der Waals surface area contributed by atoms with Crippen LogP contribution >= 0.6 is 0 Å². The molecule has 1 saturated heterocycles. The molecule has 0 aromatic heterocycles. The summed E-state index contributed by atoms with van der Waals surface area (Å²) in [6, 6.07) is 16.1. The van der Waals surface area contributed by atoms with Gasteiger partial charge < -0.3 is 10.2 Å². The Balaban J connectivity index is 1.75. The second kappa shape index (κ2) is 8.45. The van der Waals surface area contributed by atoms with E-state index >= 15 is 0 Å². The van der Waals surface area contributed by atoms with E-state index in [4.69, 9.17) is 0 Å². The van der Waals surface area contributed by atoms with Crippen molar-refractivity contribution >= 4 is 5.91 Å². The van der Waals surface area contributed by atoms with Gasteiger partial charge in [0.1, 0.15) is 0 Å². The Morgan fingerprint density at radius 3 is 2.46 bits per heavy atom. The van der Waals surface area contributed by atoms with Crippen LogP contribution < -0.4 is 16.2 Å². The first-order chi connectivity index (χ1) is 12.5. The summed E-state index contributed by atoms with van der Waals surface area (Å²) in [7, 11) is 4.04. The fraction of sp³-hybridized carbons (Fsp3) is 0.381. The van der Waals surface area contributed by atoms with Gasteiger partial charge in [-0.1, -0.05) is 36.4 Å². The lowest BCUT2D eigenvalue weighted by Crippen LogP contribution is -2.35. The van der Waals surface area contributed by atoms with Crippen LogP contribution in [0.4, 0.5) is 0 Å².